The molecular weight excluding hydrogens is 216 g/mol. The number of nitrogens with zero attached hydrogens (tertiary/aromatic N) is 2. The first-order valence-electron chi connectivity index (χ1n) is 6.30. The van der Waals surface area contributed by atoms with Crippen LogP contribution in [0.4, 0.5) is 0 Å². The number of hydrogen-bond donors (Lipinski definition) is 1. The molecule has 1 aromatic heterocycles. The fourth-order valence-corrected chi connectivity index (χ4v) is 2.93. The Kier molecular flexibility index (Phi) is 3.22. The van der Waals surface area contributed by atoms with Crippen LogP contribution in [-0.4, -0.2) is 20.9 Å². The Balaban J connectivity index is 2.37. The lowest BCUT2D eigenvalue weighted by molar-refractivity contribution is -0.138. The Morgan fingerprint density at radius 1 is 1.41 bits per heavy atom. The smallest absolute Gasteiger partial charge is 0.310 e. The molecule has 1 saturated carbocycles. The standard InChI is InChI=1S/C13H20N2O2/c1-8(13(16)17)12-9(2)14-15(10(12)3)11-6-4-5-7-11/h8,11H,4-7H2,1-3H3,(H,16,17). The summed E-state index contributed by atoms with van der Waals surface area (Å²) in [6.45, 7) is 5.64. The highest BCUT2D eigenvalue weighted by molar-refractivity contribution is 5.76. The predicted molar refractivity (Wildman–Crippen MR) is 65.3 cm³/mol. The Morgan fingerprint density at radius 3 is 2.53 bits per heavy atom. The van der Waals surface area contributed by atoms with Gasteiger partial charge >= 0.3 is 5.97 Å². The minimum absolute atomic E-state index is 0.467. The monoisotopic (exact) mass is 236 g/mol. The molecule has 4 heteroatoms. The van der Waals surface area contributed by atoms with E-state index >= 15 is 0 Å². The molecule has 0 aliphatic heterocycles. The molecule has 1 unspecified atom stereocenters. The van der Waals surface area contributed by atoms with E-state index < -0.39 is 11.9 Å². The maximum absolute atomic E-state index is 11.1. The number of carbonyl (C=O) groups is 1. The number of carboxylic acid groups (broad SMARTS) is 1. The van der Waals surface area contributed by atoms with Crippen LogP contribution < -0.4 is 0 Å². The molecule has 17 heavy (non-hydrogen) atoms. The predicted octanol–water partition coefficient (Wildman–Crippen LogP) is 2.80. The normalized spacial score (nSPS) is 18.5. The summed E-state index contributed by atoms with van der Waals surface area (Å²) in [6.07, 6.45) is 4.85. The summed E-state index contributed by atoms with van der Waals surface area (Å²) in [7, 11) is 0. The first kappa shape index (κ1) is 12.1. The maximum atomic E-state index is 11.1. The van der Waals surface area contributed by atoms with Gasteiger partial charge in [-0.2, -0.15) is 5.10 Å². The number of aryl methyl sites for hydroxylation is 1. The molecule has 0 aromatic carbocycles. The lowest BCUT2D eigenvalue weighted by Gasteiger charge is -2.13. The Morgan fingerprint density at radius 2 is 2.00 bits per heavy atom. The van der Waals surface area contributed by atoms with Crippen molar-refractivity contribution in [3.63, 3.8) is 0 Å². The molecule has 0 radical (unpaired) electrons. The van der Waals surface area contributed by atoms with Crippen LogP contribution in [0.2, 0.25) is 0 Å². The van der Waals surface area contributed by atoms with E-state index in [1.54, 1.807) is 6.92 Å². The van der Waals surface area contributed by atoms with Gasteiger partial charge in [0.1, 0.15) is 0 Å². The molecule has 0 bridgehead atoms. The van der Waals surface area contributed by atoms with Crippen molar-refractivity contribution < 1.29 is 9.90 Å². The van der Waals surface area contributed by atoms with E-state index in [1.165, 1.54) is 25.7 Å². The molecule has 1 N–H and O–H groups in total. The second-order valence-electron chi connectivity index (χ2n) is 5.03. The van der Waals surface area contributed by atoms with E-state index in [9.17, 15) is 4.79 Å². The summed E-state index contributed by atoms with van der Waals surface area (Å²) in [4.78, 5) is 11.1. The molecule has 2 rings (SSSR count). The molecule has 1 aliphatic rings. The molecule has 0 amide bonds. The van der Waals surface area contributed by atoms with Gasteiger partial charge in [0.2, 0.25) is 0 Å². The van der Waals surface area contributed by atoms with Crippen LogP contribution in [0.3, 0.4) is 0 Å². The minimum Gasteiger partial charge on any atom is -0.481 e. The van der Waals surface area contributed by atoms with Crippen molar-refractivity contribution in [2.45, 2.75) is 58.4 Å². The van der Waals surface area contributed by atoms with Crippen LogP contribution in [0, 0.1) is 13.8 Å². The highest BCUT2D eigenvalue weighted by Crippen LogP contribution is 2.33. The second kappa shape index (κ2) is 4.51. The summed E-state index contributed by atoms with van der Waals surface area (Å²) in [5.41, 5.74) is 2.79. The van der Waals surface area contributed by atoms with Gasteiger partial charge < -0.3 is 5.11 Å². The molecule has 1 heterocycles. The third-order valence-corrected chi connectivity index (χ3v) is 3.85. The lowest BCUT2D eigenvalue weighted by Crippen LogP contribution is -2.11. The summed E-state index contributed by atoms with van der Waals surface area (Å²) in [5.74, 6) is -1.24. The Bertz CT molecular complexity index is 431. The van der Waals surface area contributed by atoms with Crippen LogP contribution in [0.15, 0.2) is 0 Å². The van der Waals surface area contributed by atoms with Gasteiger partial charge in [0.15, 0.2) is 0 Å². The average Bonchev–Trinajstić information content (AvgIpc) is 2.86. The Labute approximate surface area is 102 Å². The minimum atomic E-state index is -0.776. The summed E-state index contributed by atoms with van der Waals surface area (Å²) in [6, 6.07) is 0.475. The fraction of sp³-hybridized carbons (Fsp3) is 0.692. The van der Waals surface area contributed by atoms with Gasteiger partial charge in [-0.25, -0.2) is 0 Å². The highest BCUT2D eigenvalue weighted by Gasteiger charge is 2.26. The van der Waals surface area contributed by atoms with Crippen molar-refractivity contribution in [2.24, 2.45) is 0 Å². The second-order valence-corrected chi connectivity index (χ2v) is 5.03. The highest BCUT2D eigenvalue weighted by atomic mass is 16.4. The first-order chi connectivity index (χ1) is 8.02. The van der Waals surface area contributed by atoms with Crippen LogP contribution in [0.1, 0.15) is 61.5 Å². The topological polar surface area (TPSA) is 55.1 Å². The van der Waals surface area contributed by atoms with Crippen molar-refractivity contribution >= 4 is 5.97 Å². The molecule has 1 fully saturated rings. The summed E-state index contributed by atoms with van der Waals surface area (Å²) >= 11 is 0. The zero-order valence-corrected chi connectivity index (χ0v) is 10.7. The van der Waals surface area contributed by atoms with Crippen molar-refractivity contribution in [1.82, 2.24) is 9.78 Å². The molecule has 1 aliphatic carbocycles. The molecule has 1 aromatic rings. The zero-order chi connectivity index (χ0) is 12.6. The van der Waals surface area contributed by atoms with Crippen LogP contribution >= 0.6 is 0 Å². The first-order valence-corrected chi connectivity index (χ1v) is 6.30. The third kappa shape index (κ3) is 2.08. The quantitative estimate of drug-likeness (QED) is 0.878. The SMILES string of the molecule is Cc1nn(C2CCCC2)c(C)c1C(C)C(=O)O. The van der Waals surface area contributed by atoms with Gasteiger partial charge in [0, 0.05) is 11.3 Å². The van der Waals surface area contributed by atoms with Crippen molar-refractivity contribution in [1.29, 1.82) is 0 Å². The van der Waals surface area contributed by atoms with Gasteiger partial charge in [-0.1, -0.05) is 12.8 Å². The van der Waals surface area contributed by atoms with Crippen LogP contribution in [-0.2, 0) is 4.79 Å². The fourth-order valence-electron chi connectivity index (χ4n) is 2.93. The van der Waals surface area contributed by atoms with Crippen molar-refractivity contribution in [3.8, 4) is 0 Å². The van der Waals surface area contributed by atoms with E-state index in [4.69, 9.17) is 5.11 Å². The zero-order valence-electron chi connectivity index (χ0n) is 10.7. The summed E-state index contributed by atoms with van der Waals surface area (Å²) in [5, 5.41) is 13.7. The molecule has 0 saturated heterocycles. The van der Waals surface area contributed by atoms with Gasteiger partial charge in [0.05, 0.1) is 17.7 Å². The molecule has 1 atom stereocenters. The van der Waals surface area contributed by atoms with Crippen molar-refractivity contribution in [2.75, 3.05) is 0 Å². The van der Waals surface area contributed by atoms with E-state index in [2.05, 4.69) is 9.78 Å². The average molecular weight is 236 g/mol. The Hall–Kier alpha value is -1.32. The third-order valence-electron chi connectivity index (χ3n) is 3.85. The van der Waals surface area contributed by atoms with Gasteiger partial charge in [0.25, 0.3) is 0 Å². The van der Waals surface area contributed by atoms with Crippen LogP contribution in [0.25, 0.3) is 0 Å². The number of carboxylic acids is 1. The largest absolute Gasteiger partial charge is 0.481 e. The van der Waals surface area contributed by atoms with Gasteiger partial charge in [-0.15, -0.1) is 0 Å². The van der Waals surface area contributed by atoms with E-state index in [0.29, 0.717) is 6.04 Å². The van der Waals surface area contributed by atoms with Crippen molar-refractivity contribution in [3.05, 3.63) is 17.0 Å². The van der Waals surface area contributed by atoms with E-state index in [0.717, 1.165) is 17.0 Å². The van der Waals surface area contributed by atoms with Gasteiger partial charge in [-0.3, -0.25) is 9.48 Å². The van der Waals surface area contributed by atoms with Gasteiger partial charge in [-0.05, 0) is 33.6 Å². The number of aliphatic carboxylic acids is 1. The van der Waals surface area contributed by atoms with E-state index in [-0.39, 0.29) is 0 Å². The molecule has 94 valence electrons. The lowest BCUT2D eigenvalue weighted by atomic mass is 9.99. The maximum Gasteiger partial charge on any atom is 0.310 e. The summed E-state index contributed by atoms with van der Waals surface area (Å²) < 4.78 is 2.05. The number of aromatic nitrogens is 2. The molecule has 4 nitrogen and oxygen atoms in total. The molecule has 0 spiro atoms. The van der Waals surface area contributed by atoms with E-state index in [1.807, 2.05) is 13.8 Å². The van der Waals surface area contributed by atoms with Crippen LogP contribution in [0.5, 0.6) is 0 Å². The number of hydrogen-bond acceptors (Lipinski definition) is 2. The molecular formula is C13H20N2O2. The number of rotatable bonds is 3.